The fraction of sp³-hybridized carbons (Fsp3) is 0.0526. The number of aromatic nitrogens is 2. The average Bonchev–Trinajstić information content (AvgIpc) is 3.91. The number of benzene rings is 9. The van der Waals surface area contributed by atoms with E-state index in [0.29, 0.717) is 0 Å². The number of rotatable bonds is 6. The van der Waals surface area contributed by atoms with Gasteiger partial charge in [0, 0.05) is 55.4 Å². The maximum absolute atomic E-state index is 2.50. The first-order chi connectivity index (χ1) is 29.5. The lowest BCUT2D eigenvalue weighted by atomic mass is 9.81. The van der Waals surface area contributed by atoms with Crippen molar-refractivity contribution in [2.75, 3.05) is 4.90 Å². The summed E-state index contributed by atoms with van der Waals surface area (Å²) in [5.74, 6) is 0. The molecule has 0 saturated heterocycles. The van der Waals surface area contributed by atoms with Gasteiger partial charge < -0.3 is 14.0 Å². The van der Waals surface area contributed by atoms with Crippen molar-refractivity contribution >= 4 is 60.7 Å². The minimum atomic E-state index is -0.147. The van der Waals surface area contributed by atoms with E-state index in [1.807, 2.05) is 0 Å². The van der Waals surface area contributed by atoms with Crippen molar-refractivity contribution in [2.45, 2.75) is 19.3 Å². The van der Waals surface area contributed by atoms with Crippen molar-refractivity contribution in [1.29, 1.82) is 0 Å². The molecule has 0 aliphatic heterocycles. The van der Waals surface area contributed by atoms with Gasteiger partial charge in [0.05, 0.1) is 22.1 Å². The summed E-state index contributed by atoms with van der Waals surface area (Å²) in [7, 11) is 0. The smallest absolute Gasteiger partial charge is 0.0588 e. The van der Waals surface area contributed by atoms with Crippen LogP contribution in [-0.2, 0) is 5.41 Å². The third-order valence-electron chi connectivity index (χ3n) is 12.9. The van der Waals surface area contributed by atoms with E-state index in [2.05, 4.69) is 240 Å². The van der Waals surface area contributed by atoms with E-state index >= 15 is 0 Å². The Labute approximate surface area is 349 Å². The van der Waals surface area contributed by atoms with Crippen LogP contribution in [0.2, 0.25) is 0 Å². The van der Waals surface area contributed by atoms with Gasteiger partial charge in [-0.3, -0.25) is 0 Å². The Morgan fingerprint density at radius 3 is 1.40 bits per heavy atom. The van der Waals surface area contributed by atoms with E-state index in [4.69, 9.17) is 0 Å². The van der Waals surface area contributed by atoms with Crippen molar-refractivity contribution in [1.82, 2.24) is 9.13 Å². The number of hydrogen-bond donors (Lipinski definition) is 0. The van der Waals surface area contributed by atoms with Gasteiger partial charge in [0.15, 0.2) is 0 Å². The molecule has 1 aliphatic rings. The molecule has 0 amide bonds. The molecule has 9 aromatic carbocycles. The molecule has 0 unspecified atom stereocenters. The number of fused-ring (bicyclic) bond motifs is 10. The minimum absolute atomic E-state index is 0.147. The fourth-order valence-corrected chi connectivity index (χ4v) is 10.2. The van der Waals surface area contributed by atoms with E-state index in [0.717, 1.165) is 28.4 Å². The fourth-order valence-electron chi connectivity index (χ4n) is 10.2. The largest absolute Gasteiger partial charge is 0.311 e. The van der Waals surface area contributed by atoms with Gasteiger partial charge in [-0.15, -0.1) is 0 Å². The van der Waals surface area contributed by atoms with Gasteiger partial charge in [-0.2, -0.15) is 0 Å². The van der Waals surface area contributed by atoms with E-state index in [9.17, 15) is 0 Å². The maximum atomic E-state index is 2.50. The number of nitrogens with zero attached hydrogens (tertiary/aromatic N) is 3. The van der Waals surface area contributed by atoms with Gasteiger partial charge >= 0.3 is 0 Å². The van der Waals surface area contributed by atoms with E-state index in [-0.39, 0.29) is 5.41 Å². The van der Waals surface area contributed by atoms with Crippen molar-refractivity contribution in [3.05, 3.63) is 223 Å². The third kappa shape index (κ3) is 5.09. The zero-order valence-electron chi connectivity index (χ0n) is 33.5. The third-order valence-corrected chi connectivity index (χ3v) is 12.9. The lowest BCUT2D eigenvalue weighted by molar-refractivity contribution is 0.664. The zero-order valence-corrected chi connectivity index (χ0v) is 33.5. The SMILES string of the molecule is CC1(C)c2ccccc2-c2ccc3c4ccccc4n(-c4ccc(N(c5ccc(-c6ccccc6)cc5)c5ccc(-n6c7ccccc7c7ccccc76)cc5)cc4)c3c21. The Morgan fingerprint density at radius 1 is 0.350 bits per heavy atom. The van der Waals surface area contributed by atoms with Gasteiger partial charge in [0.1, 0.15) is 0 Å². The molecule has 0 N–H and O–H groups in total. The summed E-state index contributed by atoms with van der Waals surface area (Å²) in [5.41, 5.74) is 18.2. The molecular formula is C57H41N3. The summed E-state index contributed by atoms with van der Waals surface area (Å²) in [6, 6.07) is 77.6. The zero-order chi connectivity index (χ0) is 40.0. The van der Waals surface area contributed by atoms with Crippen LogP contribution in [0.15, 0.2) is 212 Å². The number of para-hydroxylation sites is 3. The first-order valence-corrected chi connectivity index (χ1v) is 20.9. The van der Waals surface area contributed by atoms with Crippen molar-refractivity contribution < 1.29 is 0 Å². The normalized spacial score (nSPS) is 13.0. The van der Waals surface area contributed by atoms with Crippen LogP contribution in [0.1, 0.15) is 25.0 Å². The van der Waals surface area contributed by atoms with Crippen LogP contribution in [-0.4, -0.2) is 9.13 Å². The first-order valence-electron chi connectivity index (χ1n) is 20.9. The van der Waals surface area contributed by atoms with Crippen LogP contribution in [0.5, 0.6) is 0 Å². The molecule has 0 atom stereocenters. The number of hydrogen-bond acceptors (Lipinski definition) is 1. The second-order valence-electron chi connectivity index (χ2n) is 16.6. The highest BCUT2D eigenvalue weighted by Gasteiger charge is 2.38. The Bertz CT molecular complexity index is 3370. The van der Waals surface area contributed by atoms with Gasteiger partial charge in [-0.05, 0) is 112 Å². The molecule has 1 aliphatic carbocycles. The Morgan fingerprint density at radius 2 is 0.800 bits per heavy atom. The highest BCUT2D eigenvalue weighted by atomic mass is 15.1. The van der Waals surface area contributed by atoms with Gasteiger partial charge in [0.25, 0.3) is 0 Å². The highest BCUT2D eigenvalue weighted by Crippen LogP contribution is 2.53. The van der Waals surface area contributed by atoms with E-state index in [1.54, 1.807) is 0 Å². The average molecular weight is 768 g/mol. The highest BCUT2D eigenvalue weighted by molar-refractivity contribution is 6.13. The van der Waals surface area contributed by atoms with E-state index in [1.165, 1.54) is 77.0 Å². The summed E-state index contributed by atoms with van der Waals surface area (Å²) >= 11 is 0. The Balaban J connectivity index is 1.00. The van der Waals surface area contributed by atoms with Crippen molar-refractivity contribution in [3.8, 4) is 33.6 Å². The Hall–Kier alpha value is -7.62. The van der Waals surface area contributed by atoms with Crippen LogP contribution in [0.25, 0.3) is 77.2 Å². The maximum Gasteiger partial charge on any atom is 0.0588 e. The van der Waals surface area contributed by atoms with Crippen LogP contribution >= 0.6 is 0 Å². The minimum Gasteiger partial charge on any atom is -0.311 e. The number of anilines is 3. The molecule has 3 nitrogen and oxygen atoms in total. The summed E-state index contributed by atoms with van der Waals surface area (Å²) in [4.78, 5) is 2.37. The van der Waals surface area contributed by atoms with Crippen LogP contribution < -0.4 is 4.90 Å². The molecule has 60 heavy (non-hydrogen) atoms. The quantitative estimate of drug-likeness (QED) is 0.164. The molecule has 0 bridgehead atoms. The second-order valence-corrected chi connectivity index (χ2v) is 16.6. The lowest BCUT2D eigenvalue weighted by Gasteiger charge is -2.27. The predicted molar refractivity (Wildman–Crippen MR) is 253 cm³/mol. The Kier molecular flexibility index (Phi) is 7.58. The molecule has 0 fully saturated rings. The molecule has 0 spiro atoms. The lowest BCUT2D eigenvalue weighted by Crippen LogP contribution is -2.16. The standard InChI is InChI=1S/C57H41N3/c1-57(2)51-20-10-6-16-45(51)49-36-37-50-48-19-9-13-23-54(48)60(56(50)55(49)57)44-34-30-42(31-35-44)58(40-26-24-39(25-27-40)38-14-4-3-5-15-38)41-28-32-43(33-29-41)59-52-21-11-7-17-46(52)47-18-8-12-22-53(47)59/h3-37H,1-2H3. The molecule has 2 aromatic heterocycles. The van der Waals surface area contributed by atoms with Gasteiger partial charge in [-0.25, -0.2) is 0 Å². The summed E-state index contributed by atoms with van der Waals surface area (Å²) in [6.45, 7) is 4.77. The molecular weight excluding hydrogens is 727 g/mol. The predicted octanol–water partition coefficient (Wildman–Crippen LogP) is 15.3. The van der Waals surface area contributed by atoms with Gasteiger partial charge in [0.2, 0.25) is 0 Å². The first kappa shape index (κ1) is 34.4. The molecule has 0 radical (unpaired) electrons. The molecule has 0 saturated carbocycles. The monoisotopic (exact) mass is 767 g/mol. The van der Waals surface area contributed by atoms with Crippen LogP contribution in [0.4, 0.5) is 17.1 Å². The molecule has 2 heterocycles. The summed E-state index contributed by atoms with van der Waals surface area (Å²) in [6.07, 6.45) is 0. The van der Waals surface area contributed by atoms with Crippen LogP contribution in [0.3, 0.4) is 0 Å². The van der Waals surface area contributed by atoms with E-state index < -0.39 is 0 Å². The molecule has 3 heteroatoms. The molecule has 284 valence electrons. The topological polar surface area (TPSA) is 13.1 Å². The summed E-state index contributed by atoms with van der Waals surface area (Å²) < 4.78 is 4.88. The summed E-state index contributed by atoms with van der Waals surface area (Å²) in [5, 5.41) is 5.09. The van der Waals surface area contributed by atoms with Gasteiger partial charge in [-0.1, -0.05) is 147 Å². The van der Waals surface area contributed by atoms with Crippen molar-refractivity contribution in [2.24, 2.45) is 0 Å². The van der Waals surface area contributed by atoms with Crippen LogP contribution in [0, 0.1) is 0 Å². The second kappa shape index (κ2) is 13.2. The molecule has 12 rings (SSSR count). The van der Waals surface area contributed by atoms with Crippen molar-refractivity contribution in [3.63, 3.8) is 0 Å². The molecule has 11 aromatic rings.